The topological polar surface area (TPSA) is 123 Å². The average molecular weight is 1850 g/mol. The molecular formula is C122H82BBr2N7O2. The second-order valence-electron chi connectivity index (χ2n) is 33.5. The lowest BCUT2D eigenvalue weighted by molar-refractivity contribution is 0.426. The standard InChI is InChI=1S/C51H32N4.C33H20BrN3.C19H14.C13H9Br.C6H7BO2/c1-2-15-35(16-3-1)40-22-12-24-47-48(40)44-21-10-11-23-45(44)55(47)46-30-29-43(41-19-8-9-20-42(41)46)51-53-49(38-27-25-33-13-4-6-17-36(33)31-38)52-50(54-51)39-28-26-34-14-5-7-18-37(34)32-39;34-30-18-17-29(27-11-5-6-12-28(27)30)33-36-31(25-15-13-21-7-1-3-9-23(21)19-25)35-32(37-33)26-16-14-22-8-2-4-10-24(22)20-26;1-2-7-14(8-3-1)17-12-6-10-16-13-15-9-4-5-11-18(15)19(16)17;14-12-7-3-5-10-8-9-4-1-2-6-11(9)13(10)12;8-7(9)6-4-2-1-3-5-6/h1-32H;1-20H;1-12H,13H2;1-7H,8H2;1-5,8-9H. The Bertz CT molecular complexity index is 8410. The first-order chi connectivity index (χ1) is 66.1. The predicted molar refractivity (Wildman–Crippen MR) is 564 cm³/mol. The summed E-state index contributed by atoms with van der Waals surface area (Å²) in [6, 6.07) is 160. The molecule has 0 unspecified atom stereocenters. The van der Waals surface area contributed by atoms with Gasteiger partial charge in [0, 0.05) is 58.5 Å². The number of fused-ring (bicyclic) bond motifs is 15. The Kier molecular flexibility index (Phi) is 23.1. The van der Waals surface area contributed by atoms with Gasteiger partial charge in [-0.25, -0.2) is 29.9 Å². The van der Waals surface area contributed by atoms with Crippen molar-refractivity contribution in [2.24, 2.45) is 0 Å². The SMILES string of the molecule is Brc1ccc(-c2nc(-c3ccc4ccccc4c3)nc(-c3ccc4ccccc4c3)n2)c2ccccc12.Brc1cccc2c1-c1ccccc1C2.OB(O)c1ccccc1.c1ccc(-c2cccc3c2-c2ccccc2C3)cc1.c1ccc(-c2cccc3c2c2ccccc2n3-c2ccc(-c3nc(-c4ccc5ccccc5c4)nc(-c4ccc5ccccc5c4)n3)c3ccccc23)cc1. The van der Waals surface area contributed by atoms with Crippen molar-refractivity contribution < 1.29 is 10.0 Å². The quantitative estimate of drug-likeness (QED) is 0.130. The van der Waals surface area contributed by atoms with Gasteiger partial charge >= 0.3 is 7.12 Å². The predicted octanol–water partition coefficient (Wildman–Crippen LogP) is 30.5. The number of nitrogens with zero attached hydrogens (tertiary/aromatic N) is 7. The summed E-state index contributed by atoms with van der Waals surface area (Å²) in [5.41, 5.74) is 26.1. The Balaban J connectivity index is 0.000000112. The number of rotatable bonds is 10. The lowest BCUT2D eigenvalue weighted by Gasteiger charge is -2.15. The first-order valence-corrected chi connectivity index (χ1v) is 46.5. The van der Waals surface area contributed by atoms with Crippen LogP contribution in [0, 0.1) is 0 Å². The molecule has 12 heteroatoms. The Labute approximate surface area is 792 Å². The maximum Gasteiger partial charge on any atom is 0.488 e. The highest BCUT2D eigenvalue weighted by Crippen LogP contribution is 2.47. The minimum atomic E-state index is -1.34. The Hall–Kier alpha value is -16.1. The smallest absolute Gasteiger partial charge is 0.423 e. The van der Waals surface area contributed by atoms with E-state index in [0.717, 1.165) is 111 Å². The summed E-state index contributed by atoms with van der Waals surface area (Å²) < 4.78 is 4.67. The van der Waals surface area contributed by atoms with Gasteiger partial charge in [0.05, 0.1) is 16.7 Å². The van der Waals surface area contributed by atoms with Gasteiger partial charge in [-0.3, -0.25) is 0 Å². The summed E-state index contributed by atoms with van der Waals surface area (Å²) in [7, 11) is -1.34. The van der Waals surface area contributed by atoms with Crippen LogP contribution in [0.25, 0.3) is 205 Å². The number of benzene rings is 21. The zero-order chi connectivity index (χ0) is 90.0. The van der Waals surface area contributed by atoms with E-state index < -0.39 is 7.12 Å². The van der Waals surface area contributed by atoms with Crippen LogP contribution in [0.5, 0.6) is 0 Å². The van der Waals surface area contributed by atoms with Gasteiger partial charge in [-0.1, -0.05) is 426 Å². The monoisotopic (exact) mass is 1850 g/mol. The normalized spacial score (nSPS) is 11.5. The fraction of sp³-hybridized carbons (Fsp3) is 0.0164. The Morgan fingerprint density at radius 1 is 0.216 bits per heavy atom. The maximum atomic E-state index is 8.58. The third-order valence-corrected chi connectivity index (χ3v) is 26.7. The summed E-state index contributed by atoms with van der Waals surface area (Å²) in [5, 5.41) is 33.4. The van der Waals surface area contributed by atoms with Crippen molar-refractivity contribution in [1.82, 2.24) is 34.5 Å². The van der Waals surface area contributed by atoms with Gasteiger partial charge in [-0.2, -0.15) is 0 Å². The second kappa shape index (κ2) is 37.1. The molecule has 21 aromatic carbocycles. The molecule has 0 atom stereocenters. The van der Waals surface area contributed by atoms with Crippen LogP contribution in [-0.2, 0) is 12.8 Å². The van der Waals surface area contributed by atoms with Crippen molar-refractivity contribution in [1.29, 1.82) is 0 Å². The van der Waals surface area contributed by atoms with Gasteiger partial charge in [-0.05, 0) is 211 Å². The maximum absolute atomic E-state index is 8.58. The molecule has 24 aromatic rings. The molecule has 634 valence electrons. The molecule has 134 heavy (non-hydrogen) atoms. The van der Waals surface area contributed by atoms with Crippen LogP contribution in [0.4, 0.5) is 0 Å². The molecule has 2 N–H and O–H groups in total. The van der Waals surface area contributed by atoms with Crippen LogP contribution in [0.15, 0.2) is 470 Å². The lowest BCUT2D eigenvalue weighted by atomic mass is 9.81. The van der Waals surface area contributed by atoms with E-state index in [9.17, 15) is 0 Å². The average Bonchev–Trinajstić information content (AvgIpc) is 1.56. The fourth-order valence-corrected chi connectivity index (χ4v) is 20.0. The van der Waals surface area contributed by atoms with E-state index in [4.69, 9.17) is 40.0 Å². The van der Waals surface area contributed by atoms with Crippen LogP contribution in [-0.4, -0.2) is 51.6 Å². The molecule has 2 aliphatic rings. The highest BCUT2D eigenvalue weighted by Gasteiger charge is 2.26. The minimum Gasteiger partial charge on any atom is -0.423 e. The lowest BCUT2D eigenvalue weighted by Crippen LogP contribution is -2.29. The van der Waals surface area contributed by atoms with E-state index in [1.165, 1.54) is 104 Å². The van der Waals surface area contributed by atoms with Crippen molar-refractivity contribution in [3.63, 3.8) is 0 Å². The molecule has 0 radical (unpaired) electrons. The zero-order valence-electron chi connectivity index (χ0n) is 72.7. The Morgan fingerprint density at radius 3 is 1.05 bits per heavy atom. The van der Waals surface area contributed by atoms with Crippen molar-refractivity contribution in [3.8, 4) is 119 Å². The molecule has 3 heterocycles. The molecular weight excluding hydrogens is 1770 g/mol. The van der Waals surface area contributed by atoms with Gasteiger partial charge in [0.25, 0.3) is 0 Å². The summed E-state index contributed by atoms with van der Waals surface area (Å²) in [4.78, 5) is 30.6. The molecule has 0 amide bonds. The van der Waals surface area contributed by atoms with Crippen LogP contribution < -0.4 is 5.46 Å². The summed E-state index contributed by atoms with van der Waals surface area (Å²) >= 11 is 7.32. The van der Waals surface area contributed by atoms with Crippen LogP contribution >= 0.6 is 31.9 Å². The van der Waals surface area contributed by atoms with Crippen molar-refractivity contribution in [3.05, 3.63) is 492 Å². The fourth-order valence-electron chi connectivity index (χ4n) is 18.9. The number of halogens is 2. The van der Waals surface area contributed by atoms with Gasteiger partial charge in [-0.15, -0.1) is 0 Å². The number of hydrogen-bond donors (Lipinski definition) is 2. The van der Waals surface area contributed by atoms with Crippen LogP contribution in [0.2, 0.25) is 0 Å². The molecule has 0 aliphatic heterocycles. The van der Waals surface area contributed by atoms with Crippen molar-refractivity contribution >= 4 is 131 Å². The Morgan fingerprint density at radius 2 is 0.560 bits per heavy atom. The van der Waals surface area contributed by atoms with E-state index >= 15 is 0 Å². The number of aromatic nitrogens is 7. The molecule has 2 aliphatic carbocycles. The molecule has 0 fully saturated rings. The molecule has 3 aromatic heterocycles. The second-order valence-corrected chi connectivity index (χ2v) is 35.2. The van der Waals surface area contributed by atoms with Crippen LogP contribution in [0.1, 0.15) is 22.3 Å². The first kappa shape index (κ1) is 83.6. The van der Waals surface area contributed by atoms with Crippen LogP contribution in [0.3, 0.4) is 0 Å². The minimum absolute atomic E-state index is 0.525. The molecule has 0 bridgehead atoms. The van der Waals surface area contributed by atoms with E-state index in [2.05, 4.69) is 455 Å². The highest BCUT2D eigenvalue weighted by molar-refractivity contribution is 9.11. The van der Waals surface area contributed by atoms with Gasteiger partial charge in [0.2, 0.25) is 0 Å². The van der Waals surface area contributed by atoms with E-state index in [1.54, 1.807) is 24.3 Å². The summed E-state index contributed by atoms with van der Waals surface area (Å²) in [6.07, 6.45) is 2.14. The molecule has 9 nitrogen and oxygen atoms in total. The number of hydrogen-bond acceptors (Lipinski definition) is 8. The molecule has 0 saturated heterocycles. The number of para-hydroxylation sites is 1. The van der Waals surface area contributed by atoms with E-state index in [1.807, 2.05) is 18.2 Å². The van der Waals surface area contributed by atoms with E-state index in [-0.39, 0.29) is 0 Å². The summed E-state index contributed by atoms with van der Waals surface area (Å²) in [6.45, 7) is 0. The van der Waals surface area contributed by atoms with Gasteiger partial charge < -0.3 is 14.6 Å². The zero-order valence-corrected chi connectivity index (χ0v) is 75.8. The van der Waals surface area contributed by atoms with Gasteiger partial charge in [0.15, 0.2) is 34.9 Å². The first-order valence-electron chi connectivity index (χ1n) is 44.9. The molecule has 26 rings (SSSR count). The largest absolute Gasteiger partial charge is 0.488 e. The van der Waals surface area contributed by atoms with Crippen molar-refractivity contribution in [2.45, 2.75) is 12.8 Å². The molecule has 0 spiro atoms. The third-order valence-electron chi connectivity index (χ3n) is 25.3. The van der Waals surface area contributed by atoms with Crippen molar-refractivity contribution in [2.75, 3.05) is 0 Å². The molecule has 0 saturated carbocycles. The summed E-state index contributed by atoms with van der Waals surface area (Å²) in [5.74, 6) is 3.89. The third kappa shape index (κ3) is 16.7. The van der Waals surface area contributed by atoms with Gasteiger partial charge in [0.1, 0.15) is 0 Å². The van der Waals surface area contributed by atoms with E-state index in [0.29, 0.717) is 40.4 Å². The highest BCUT2D eigenvalue weighted by atomic mass is 79.9.